The molecule has 2 N–H and O–H groups in total. The molecule has 2 heterocycles. The van der Waals surface area contributed by atoms with Crippen LogP contribution in [-0.4, -0.2) is 47.9 Å². The fourth-order valence-electron chi connectivity index (χ4n) is 3.06. The number of piperidine rings is 1. The van der Waals surface area contributed by atoms with E-state index in [2.05, 4.69) is 41.2 Å². The molecule has 0 radical (unpaired) electrons. The lowest BCUT2D eigenvalue weighted by molar-refractivity contribution is -0.125. The number of likely N-dealkylation sites (tertiary alicyclic amines) is 1. The second-order valence-electron chi connectivity index (χ2n) is 6.03. The molecule has 2 unspecified atom stereocenters. The van der Waals surface area contributed by atoms with Gasteiger partial charge in [-0.3, -0.25) is 14.5 Å². The molecule has 0 spiro atoms. The molecular formula is C16H25N3O2. The van der Waals surface area contributed by atoms with Gasteiger partial charge >= 0.3 is 0 Å². The van der Waals surface area contributed by atoms with Gasteiger partial charge in [0.1, 0.15) is 6.04 Å². The number of hydrogen-bond acceptors (Lipinski definition) is 3. The highest BCUT2D eigenvalue weighted by Gasteiger charge is 2.26. The van der Waals surface area contributed by atoms with E-state index in [1.807, 2.05) is 0 Å². The number of nitrogens with zero attached hydrogens (tertiary/aromatic N) is 1. The fourth-order valence-corrected chi connectivity index (χ4v) is 3.06. The maximum absolute atomic E-state index is 11.8. The smallest absolute Gasteiger partial charge is 0.243 e. The lowest BCUT2D eigenvalue weighted by Gasteiger charge is -2.37. The van der Waals surface area contributed by atoms with E-state index in [-0.39, 0.29) is 17.9 Å². The maximum atomic E-state index is 11.8. The van der Waals surface area contributed by atoms with Crippen LogP contribution < -0.4 is 10.6 Å². The van der Waals surface area contributed by atoms with Gasteiger partial charge in [-0.15, -0.1) is 0 Å². The van der Waals surface area contributed by atoms with Crippen molar-refractivity contribution in [2.75, 3.05) is 13.1 Å². The zero-order valence-corrected chi connectivity index (χ0v) is 12.9. The van der Waals surface area contributed by atoms with Crippen molar-refractivity contribution < 1.29 is 9.59 Å². The van der Waals surface area contributed by atoms with Crippen molar-refractivity contribution in [1.29, 1.82) is 0 Å². The van der Waals surface area contributed by atoms with Crippen molar-refractivity contribution in [2.24, 2.45) is 0 Å². The quantitative estimate of drug-likeness (QED) is 0.751. The number of carbonyl (C=O) groups excluding carboxylic acids is 2. The topological polar surface area (TPSA) is 61.4 Å². The molecule has 0 aromatic rings. The number of carbonyl (C=O) groups is 2. The van der Waals surface area contributed by atoms with Crippen LogP contribution in [0.2, 0.25) is 0 Å². The van der Waals surface area contributed by atoms with Gasteiger partial charge in [0.15, 0.2) is 0 Å². The molecule has 0 aromatic carbocycles. The van der Waals surface area contributed by atoms with Crippen LogP contribution in [0.1, 0.15) is 46.0 Å². The van der Waals surface area contributed by atoms with Crippen LogP contribution in [0.4, 0.5) is 0 Å². The van der Waals surface area contributed by atoms with Crippen molar-refractivity contribution in [1.82, 2.24) is 15.5 Å². The Hall–Kier alpha value is -1.54. The summed E-state index contributed by atoms with van der Waals surface area (Å²) in [4.78, 5) is 25.2. The summed E-state index contributed by atoms with van der Waals surface area (Å²) >= 11 is 0. The third kappa shape index (κ3) is 4.47. The molecular weight excluding hydrogens is 266 g/mol. The minimum Gasteiger partial charge on any atom is -0.344 e. The van der Waals surface area contributed by atoms with Crippen LogP contribution in [0.15, 0.2) is 0 Å². The third-order valence-electron chi connectivity index (χ3n) is 4.43. The molecule has 2 saturated heterocycles. The first-order valence-electron chi connectivity index (χ1n) is 7.86. The number of hydrogen-bond donors (Lipinski definition) is 2. The van der Waals surface area contributed by atoms with E-state index in [1.54, 1.807) is 0 Å². The Morgan fingerprint density at radius 3 is 2.62 bits per heavy atom. The average Bonchev–Trinajstić information content (AvgIpc) is 2.88. The van der Waals surface area contributed by atoms with E-state index < -0.39 is 0 Å². The second-order valence-corrected chi connectivity index (χ2v) is 6.03. The van der Waals surface area contributed by atoms with Gasteiger partial charge in [-0.05, 0) is 33.1 Å². The standard InChI is InChI=1S/C16H25N3O2/c1-12-6-5-7-13(2)19(12)11-4-3-10-17-16(21)14-8-9-15(20)18-14/h12-14H,5-11H2,1-2H3,(H,17,21)(H,18,20)/t12?,13?,14-/m0/s1. The van der Waals surface area contributed by atoms with Crippen LogP contribution >= 0.6 is 0 Å². The van der Waals surface area contributed by atoms with Crippen LogP contribution in [0.25, 0.3) is 0 Å². The van der Waals surface area contributed by atoms with Gasteiger partial charge in [0.2, 0.25) is 11.8 Å². The molecule has 116 valence electrons. The third-order valence-corrected chi connectivity index (χ3v) is 4.43. The number of nitrogens with one attached hydrogen (secondary N) is 2. The van der Waals surface area contributed by atoms with E-state index in [0.717, 1.165) is 6.54 Å². The molecule has 0 saturated carbocycles. The SMILES string of the molecule is CC1CCCC(C)N1CC#CCNC(=O)[C@@H]1CCC(=O)N1. The molecule has 0 aliphatic carbocycles. The first kappa shape index (κ1) is 15.8. The van der Waals surface area contributed by atoms with Crippen molar-refractivity contribution in [3.05, 3.63) is 0 Å². The Kier molecular flexibility index (Phi) is 5.63. The highest BCUT2D eigenvalue weighted by molar-refractivity contribution is 5.90. The molecule has 21 heavy (non-hydrogen) atoms. The van der Waals surface area contributed by atoms with Crippen molar-refractivity contribution in [2.45, 2.75) is 64.1 Å². The minimum absolute atomic E-state index is 0.0469. The van der Waals surface area contributed by atoms with Crippen LogP contribution in [0.5, 0.6) is 0 Å². The summed E-state index contributed by atoms with van der Waals surface area (Å²) in [5, 5.41) is 5.41. The van der Waals surface area contributed by atoms with Crippen LogP contribution in [-0.2, 0) is 9.59 Å². The molecule has 0 bridgehead atoms. The summed E-state index contributed by atoms with van der Waals surface area (Å²) in [5.74, 6) is 5.97. The zero-order valence-electron chi connectivity index (χ0n) is 12.9. The summed E-state index contributed by atoms with van der Waals surface area (Å²) in [6.07, 6.45) is 4.80. The zero-order chi connectivity index (χ0) is 15.2. The molecule has 2 aliphatic heterocycles. The Bertz CT molecular complexity index is 442. The Balaban J connectivity index is 1.69. The summed E-state index contributed by atoms with van der Waals surface area (Å²) < 4.78 is 0. The van der Waals surface area contributed by atoms with E-state index >= 15 is 0 Å². The first-order chi connectivity index (χ1) is 10.1. The van der Waals surface area contributed by atoms with Crippen LogP contribution in [0.3, 0.4) is 0 Å². The van der Waals surface area contributed by atoms with Gasteiger partial charge in [0.05, 0.1) is 13.1 Å². The predicted octanol–water partition coefficient (Wildman–Crippen LogP) is 0.648. The lowest BCUT2D eigenvalue weighted by Crippen LogP contribution is -2.43. The molecule has 2 fully saturated rings. The second kappa shape index (κ2) is 7.46. The number of amides is 2. The highest BCUT2D eigenvalue weighted by Crippen LogP contribution is 2.21. The van der Waals surface area contributed by atoms with Gasteiger partial charge in [0.25, 0.3) is 0 Å². The van der Waals surface area contributed by atoms with Gasteiger partial charge in [-0.1, -0.05) is 18.3 Å². The van der Waals surface area contributed by atoms with Gasteiger partial charge in [-0.25, -0.2) is 0 Å². The molecule has 5 nitrogen and oxygen atoms in total. The van der Waals surface area contributed by atoms with Crippen molar-refractivity contribution >= 4 is 11.8 Å². The van der Waals surface area contributed by atoms with E-state index in [9.17, 15) is 9.59 Å². The molecule has 2 rings (SSSR count). The normalized spacial score (nSPS) is 29.4. The molecule has 2 amide bonds. The van der Waals surface area contributed by atoms with Gasteiger partial charge in [0, 0.05) is 18.5 Å². The monoisotopic (exact) mass is 291 g/mol. The first-order valence-corrected chi connectivity index (χ1v) is 7.86. The molecule has 5 heteroatoms. The van der Waals surface area contributed by atoms with E-state index in [0.29, 0.717) is 31.5 Å². The van der Waals surface area contributed by atoms with Crippen LogP contribution in [0, 0.1) is 11.8 Å². The molecule has 0 aromatic heterocycles. The van der Waals surface area contributed by atoms with Gasteiger partial charge < -0.3 is 10.6 Å². The average molecular weight is 291 g/mol. The van der Waals surface area contributed by atoms with E-state index in [1.165, 1.54) is 19.3 Å². The largest absolute Gasteiger partial charge is 0.344 e. The van der Waals surface area contributed by atoms with Crippen molar-refractivity contribution in [3.63, 3.8) is 0 Å². The minimum atomic E-state index is -0.374. The summed E-state index contributed by atoms with van der Waals surface area (Å²) in [6.45, 7) is 5.62. The van der Waals surface area contributed by atoms with Crippen molar-refractivity contribution in [3.8, 4) is 11.8 Å². The maximum Gasteiger partial charge on any atom is 0.243 e. The summed E-state index contributed by atoms with van der Waals surface area (Å²) in [6, 6.07) is 0.805. The van der Waals surface area contributed by atoms with E-state index in [4.69, 9.17) is 0 Å². The van der Waals surface area contributed by atoms with Gasteiger partial charge in [-0.2, -0.15) is 0 Å². The molecule has 2 aliphatic rings. The fraction of sp³-hybridized carbons (Fsp3) is 0.750. The summed E-state index contributed by atoms with van der Waals surface area (Å²) in [5.41, 5.74) is 0. The Morgan fingerprint density at radius 1 is 1.29 bits per heavy atom. The number of rotatable bonds is 3. The Labute approximate surface area is 126 Å². The molecule has 3 atom stereocenters. The Morgan fingerprint density at radius 2 is 2.00 bits per heavy atom. The lowest BCUT2D eigenvalue weighted by atomic mass is 9.98. The highest BCUT2D eigenvalue weighted by atomic mass is 16.2. The predicted molar refractivity (Wildman–Crippen MR) is 81.4 cm³/mol. The summed E-state index contributed by atoms with van der Waals surface area (Å²) in [7, 11) is 0.